The monoisotopic (exact) mass is 174 g/mol. The zero-order valence-electron chi connectivity index (χ0n) is 7.01. The Labute approximate surface area is 71.4 Å². The topological polar surface area (TPSA) is 58.9 Å². The Hall–Kier alpha value is -0.420. The molecule has 0 aromatic rings. The molecule has 0 amide bonds. The third-order valence-corrected chi connectivity index (χ3v) is 1.69. The van der Waals surface area contributed by atoms with E-state index in [2.05, 4.69) is 0 Å². The number of aliphatic hydroxyl groups excluding tert-OH is 2. The van der Waals surface area contributed by atoms with Crippen LogP contribution in [-0.2, 0) is 9.47 Å². The zero-order chi connectivity index (χ0) is 8.97. The first-order valence-electron chi connectivity index (χ1n) is 4.02. The van der Waals surface area contributed by atoms with E-state index in [9.17, 15) is 0 Å². The molecule has 1 heterocycles. The zero-order valence-corrected chi connectivity index (χ0v) is 7.01. The van der Waals surface area contributed by atoms with Crippen LogP contribution in [0.15, 0.2) is 12.2 Å². The summed E-state index contributed by atoms with van der Waals surface area (Å²) in [6, 6.07) is 0. The Morgan fingerprint density at radius 1 is 1.50 bits per heavy atom. The molecular weight excluding hydrogens is 160 g/mol. The molecule has 0 aliphatic carbocycles. The van der Waals surface area contributed by atoms with E-state index in [1.54, 1.807) is 6.08 Å². The van der Waals surface area contributed by atoms with Gasteiger partial charge in [-0.2, -0.15) is 0 Å². The summed E-state index contributed by atoms with van der Waals surface area (Å²) < 4.78 is 10.2. The molecule has 2 N–H and O–H groups in total. The van der Waals surface area contributed by atoms with Gasteiger partial charge in [0.1, 0.15) is 12.2 Å². The third-order valence-electron chi connectivity index (χ3n) is 1.69. The van der Waals surface area contributed by atoms with E-state index < -0.39 is 12.4 Å². The predicted molar refractivity (Wildman–Crippen MR) is 42.5 cm³/mol. The Bertz CT molecular complexity index is 157. The van der Waals surface area contributed by atoms with E-state index in [1.807, 2.05) is 6.92 Å². The SMILES string of the molecule is CCO[C@H]1C=CC(O)O[C@@H]1CO. The molecule has 0 fully saturated rings. The Balaban J connectivity index is 2.52. The molecule has 0 saturated heterocycles. The number of rotatable bonds is 3. The average Bonchev–Trinajstić information content (AvgIpc) is 2.08. The number of aliphatic hydroxyl groups is 2. The van der Waals surface area contributed by atoms with Crippen molar-refractivity contribution in [2.75, 3.05) is 13.2 Å². The van der Waals surface area contributed by atoms with Gasteiger partial charge in [0.15, 0.2) is 6.29 Å². The second kappa shape index (κ2) is 4.57. The normalized spacial score (nSPS) is 35.4. The molecule has 4 heteroatoms. The number of hydrogen-bond donors (Lipinski definition) is 2. The second-order valence-electron chi connectivity index (χ2n) is 2.55. The summed E-state index contributed by atoms with van der Waals surface area (Å²) in [5, 5.41) is 17.9. The average molecular weight is 174 g/mol. The van der Waals surface area contributed by atoms with E-state index in [0.717, 1.165) is 0 Å². The largest absolute Gasteiger partial charge is 0.394 e. The molecule has 0 bridgehead atoms. The summed E-state index contributed by atoms with van der Waals surface area (Å²) in [7, 11) is 0. The second-order valence-corrected chi connectivity index (χ2v) is 2.55. The fraction of sp³-hybridized carbons (Fsp3) is 0.750. The molecule has 1 aliphatic heterocycles. The fourth-order valence-electron chi connectivity index (χ4n) is 1.13. The van der Waals surface area contributed by atoms with E-state index in [0.29, 0.717) is 6.61 Å². The maximum absolute atomic E-state index is 9.02. The lowest BCUT2D eigenvalue weighted by Crippen LogP contribution is -2.39. The lowest BCUT2D eigenvalue weighted by Gasteiger charge is -2.28. The molecular formula is C8H14O4. The predicted octanol–water partition coefficient (Wildman–Crippen LogP) is -0.343. The van der Waals surface area contributed by atoms with Gasteiger partial charge in [0.2, 0.25) is 0 Å². The molecule has 0 spiro atoms. The van der Waals surface area contributed by atoms with Crippen molar-refractivity contribution in [2.45, 2.75) is 25.4 Å². The first kappa shape index (κ1) is 9.67. The molecule has 1 aliphatic rings. The molecule has 0 aromatic heterocycles. The van der Waals surface area contributed by atoms with Crippen molar-refractivity contribution in [1.82, 2.24) is 0 Å². The summed E-state index contributed by atoms with van der Waals surface area (Å²) in [4.78, 5) is 0. The highest BCUT2D eigenvalue weighted by atomic mass is 16.6. The Kier molecular flexibility index (Phi) is 3.68. The van der Waals surface area contributed by atoms with Crippen LogP contribution in [0.4, 0.5) is 0 Å². The van der Waals surface area contributed by atoms with Gasteiger partial charge in [-0.25, -0.2) is 0 Å². The van der Waals surface area contributed by atoms with Crippen molar-refractivity contribution in [3.8, 4) is 0 Å². The van der Waals surface area contributed by atoms with Gasteiger partial charge in [0, 0.05) is 6.61 Å². The molecule has 1 unspecified atom stereocenters. The van der Waals surface area contributed by atoms with Crippen LogP contribution < -0.4 is 0 Å². The summed E-state index contributed by atoms with van der Waals surface area (Å²) >= 11 is 0. The van der Waals surface area contributed by atoms with E-state index in [1.165, 1.54) is 6.08 Å². The number of hydrogen-bond acceptors (Lipinski definition) is 4. The molecule has 4 nitrogen and oxygen atoms in total. The Morgan fingerprint density at radius 3 is 2.83 bits per heavy atom. The van der Waals surface area contributed by atoms with Crippen molar-refractivity contribution in [2.24, 2.45) is 0 Å². The molecule has 0 radical (unpaired) electrons. The van der Waals surface area contributed by atoms with Crippen molar-refractivity contribution in [3.63, 3.8) is 0 Å². The summed E-state index contributed by atoms with van der Waals surface area (Å²) in [5.41, 5.74) is 0. The van der Waals surface area contributed by atoms with Gasteiger partial charge in [-0.05, 0) is 13.0 Å². The van der Waals surface area contributed by atoms with Gasteiger partial charge in [0.25, 0.3) is 0 Å². The van der Waals surface area contributed by atoms with Crippen LogP contribution in [0.1, 0.15) is 6.92 Å². The maximum atomic E-state index is 9.02. The van der Waals surface area contributed by atoms with Gasteiger partial charge < -0.3 is 19.7 Å². The van der Waals surface area contributed by atoms with Gasteiger partial charge >= 0.3 is 0 Å². The van der Waals surface area contributed by atoms with Crippen LogP contribution in [0.2, 0.25) is 0 Å². The summed E-state index contributed by atoms with van der Waals surface area (Å²) in [5.74, 6) is 0. The first-order chi connectivity index (χ1) is 5.77. The first-order valence-corrected chi connectivity index (χ1v) is 4.02. The van der Waals surface area contributed by atoms with Crippen LogP contribution in [-0.4, -0.2) is 41.9 Å². The third kappa shape index (κ3) is 2.28. The molecule has 12 heavy (non-hydrogen) atoms. The molecule has 70 valence electrons. The van der Waals surface area contributed by atoms with Crippen molar-refractivity contribution < 1.29 is 19.7 Å². The quantitative estimate of drug-likeness (QED) is 0.574. The molecule has 3 atom stereocenters. The van der Waals surface area contributed by atoms with Gasteiger partial charge in [-0.15, -0.1) is 0 Å². The van der Waals surface area contributed by atoms with E-state index >= 15 is 0 Å². The summed E-state index contributed by atoms with van der Waals surface area (Å²) in [6.07, 6.45) is 1.60. The van der Waals surface area contributed by atoms with Crippen LogP contribution in [0.3, 0.4) is 0 Å². The lowest BCUT2D eigenvalue weighted by molar-refractivity contribution is -0.164. The highest BCUT2D eigenvalue weighted by Crippen LogP contribution is 2.13. The van der Waals surface area contributed by atoms with E-state index in [4.69, 9.17) is 19.7 Å². The van der Waals surface area contributed by atoms with Gasteiger partial charge in [-0.1, -0.05) is 6.08 Å². The van der Waals surface area contributed by atoms with Gasteiger partial charge in [-0.3, -0.25) is 0 Å². The lowest BCUT2D eigenvalue weighted by atomic mass is 10.1. The standard InChI is InChI=1S/C8H14O4/c1-2-11-6-3-4-8(10)12-7(6)5-9/h3-4,6-10H,2,5H2,1H3/t6-,7+,8?/m0/s1. The fourth-order valence-corrected chi connectivity index (χ4v) is 1.13. The highest BCUT2D eigenvalue weighted by molar-refractivity contribution is 4.99. The van der Waals surface area contributed by atoms with Crippen molar-refractivity contribution in [1.29, 1.82) is 0 Å². The smallest absolute Gasteiger partial charge is 0.174 e. The van der Waals surface area contributed by atoms with Crippen LogP contribution >= 0.6 is 0 Å². The van der Waals surface area contributed by atoms with Crippen LogP contribution in [0, 0.1) is 0 Å². The van der Waals surface area contributed by atoms with Gasteiger partial charge in [0.05, 0.1) is 6.61 Å². The number of ether oxygens (including phenoxy) is 2. The molecule has 0 saturated carbocycles. The maximum Gasteiger partial charge on any atom is 0.174 e. The van der Waals surface area contributed by atoms with Crippen molar-refractivity contribution in [3.05, 3.63) is 12.2 Å². The van der Waals surface area contributed by atoms with Crippen LogP contribution in [0.25, 0.3) is 0 Å². The molecule has 0 aromatic carbocycles. The van der Waals surface area contributed by atoms with Crippen LogP contribution in [0.5, 0.6) is 0 Å². The highest BCUT2D eigenvalue weighted by Gasteiger charge is 2.25. The minimum atomic E-state index is -0.918. The van der Waals surface area contributed by atoms with E-state index in [-0.39, 0.29) is 12.7 Å². The summed E-state index contributed by atoms with van der Waals surface area (Å²) in [6.45, 7) is 2.28. The minimum absolute atomic E-state index is 0.147. The Morgan fingerprint density at radius 2 is 2.25 bits per heavy atom. The van der Waals surface area contributed by atoms with Crippen molar-refractivity contribution >= 4 is 0 Å². The minimum Gasteiger partial charge on any atom is -0.394 e. The molecule has 1 rings (SSSR count).